The summed E-state index contributed by atoms with van der Waals surface area (Å²) in [7, 11) is 0. The summed E-state index contributed by atoms with van der Waals surface area (Å²) in [5.74, 6) is 0. The molecule has 0 saturated heterocycles. The number of para-hydroxylation sites is 4. The molecule has 57 heavy (non-hydrogen) atoms. The average molecular weight is 731 g/mol. The van der Waals surface area contributed by atoms with Crippen LogP contribution in [0.5, 0.6) is 0 Å². The molecule has 0 aliphatic rings. The van der Waals surface area contributed by atoms with Crippen molar-refractivity contribution in [1.82, 2.24) is 0 Å². The molecule has 0 amide bonds. The molecular formula is C54H38N2O. The van der Waals surface area contributed by atoms with E-state index in [1.807, 2.05) is 30.3 Å². The minimum absolute atomic E-state index is 0.876. The number of nitrogens with one attached hydrogen (secondary N) is 1. The summed E-state index contributed by atoms with van der Waals surface area (Å²) in [5, 5.41) is 5.70. The van der Waals surface area contributed by atoms with Crippen molar-refractivity contribution in [3.05, 3.63) is 224 Å². The second kappa shape index (κ2) is 14.9. The van der Waals surface area contributed by atoms with Gasteiger partial charge < -0.3 is 14.6 Å². The number of nitrogens with zero attached hydrogens (tertiary/aromatic N) is 1. The highest BCUT2D eigenvalue weighted by molar-refractivity contribution is 6.10. The highest BCUT2D eigenvalue weighted by atomic mass is 16.3. The van der Waals surface area contributed by atoms with Crippen LogP contribution in [0.15, 0.2) is 229 Å². The van der Waals surface area contributed by atoms with E-state index < -0.39 is 0 Å². The van der Waals surface area contributed by atoms with E-state index in [0.717, 1.165) is 55.9 Å². The Morgan fingerprint density at radius 3 is 1.37 bits per heavy atom. The van der Waals surface area contributed by atoms with Crippen molar-refractivity contribution in [2.75, 3.05) is 10.2 Å². The highest BCUT2D eigenvalue weighted by Crippen LogP contribution is 2.42. The van der Waals surface area contributed by atoms with Gasteiger partial charge in [-0.25, -0.2) is 0 Å². The van der Waals surface area contributed by atoms with Crippen LogP contribution in [0.4, 0.5) is 28.4 Å². The lowest BCUT2D eigenvalue weighted by atomic mass is 9.92. The lowest BCUT2D eigenvalue weighted by molar-refractivity contribution is 0.669. The Labute approximate surface area is 332 Å². The van der Waals surface area contributed by atoms with E-state index in [2.05, 4.69) is 204 Å². The maximum absolute atomic E-state index is 6.48. The van der Waals surface area contributed by atoms with Crippen LogP contribution in [0.2, 0.25) is 0 Å². The number of fused-ring (bicyclic) bond motifs is 3. The van der Waals surface area contributed by atoms with Gasteiger partial charge in [0.05, 0.1) is 5.69 Å². The molecule has 270 valence electrons. The van der Waals surface area contributed by atoms with E-state index in [4.69, 9.17) is 4.42 Å². The summed E-state index contributed by atoms with van der Waals surface area (Å²) < 4.78 is 6.48. The van der Waals surface area contributed by atoms with Gasteiger partial charge in [-0.3, -0.25) is 0 Å². The van der Waals surface area contributed by atoms with Gasteiger partial charge in [0.1, 0.15) is 5.58 Å². The maximum Gasteiger partial charge on any atom is 0.159 e. The van der Waals surface area contributed by atoms with Crippen LogP contribution < -0.4 is 10.2 Å². The number of anilines is 5. The Morgan fingerprint density at radius 1 is 0.316 bits per heavy atom. The molecule has 3 heteroatoms. The molecule has 3 nitrogen and oxygen atoms in total. The molecule has 0 spiro atoms. The molecule has 0 bridgehead atoms. The number of furan rings is 1. The van der Waals surface area contributed by atoms with E-state index in [0.29, 0.717) is 0 Å². The second-order valence-electron chi connectivity index (χ2n) is 14.2. The predicted molar refractivity (Wildman–Crippen MR) is 240 cm³/mol. The fourth-order valence-electron chi connectivity index (χ4n) is 7.82. The van der Waals surface area contributed by atoms with Crippen LogP contribution >= 0.6 is 0 Å². The van der Waals surface area contributed by atoms with Gasteiger partial charge >= 0.3 is 0 Å². The van der Waals surface area contributed by atoms with Gasteiger partial charge in [0.25, 0.3) is 0 Å². The summed E-state index contributed by atoms with van der Waals surface area (Å²) in [6.07, 6.45) is 0. The van der Waals surface area contributed by atoms with Crippen molar-refractivity contribution < 1.29 is 4.42 Å². The molecule has 0 atom stereocenters. The molecule has 0 aliphatic carbocycles. The first-order valence-corrected chi connectivity index (χ1v) is 19.3. The third kappa shape index (κ3) is 6.73. The zero-order valence-corrected chi connectivity index (χ0v) is 31.2. The Hall–Kier alpha value is -7.62. The SMILES string of the molecule is c1ccc(Nc2ccc(-c3ccc(-c4ccccc4-c4ccc(-c5ccc(N(c6ccccc6)c6cccc7c6oc6ccccc67)cc5)cc4)cc3)cc2)cc1. The van der Waals surface area contributed by atoms with Gasteiger partial charge in [-0.1, -0.05) is 164 Å². The molecule has 9 aromatic carbocycles. The van der Waals surface area contributed by atoms with Crippen LogP contribution in [0.25, 0.3) is 66.4 Å². The number of hydrogen-bond donors (Lipinski definition) is 1. The first-order valence-electron chi connectivity index (χ1n) is 19.3. The fourth-order valence-corrected chi connectivity index (χ4v) is 7.82. The molecule has 1 N–H and O–H groups in total. The molecule has 0 aliphatic heterocycles. The third-order valence-electron chi connectivity index (χ3n) is 10.7. The minimum Gasteiger partial charge on any atom is -0.454 e. The maximum atomic E-state index is 6.48. The van der Waals surface area contributed by atoms with Gasteiger partial charge in [-0.15, -0.1) is 0 Å². The molecule has 10 rings (SSSR count). The summed E-state index contributed by atoms with van der Waals surface area (Å²) in [5.41, 5.74) is 16.6. The summed E-state index contributed by atoms with van der Waals surface area (Å²) in [6.45, 7) is 0. The molecule has 1 aromatic heterocycles. The van der Waals surface area contributed by atoms with Gasteiger partial charge in [0.15, 0.2) is 5.58 Å². The van der Waals surface area contributed by atoms with Crippen LogP contribution in [0.3, 0.4) is 0 Å². The standard InChI is InChI=1S/C54H38N2O/c1-3-12-44(13-4-1)55-45-34-30-40(31-35-45)38-22-26-42(27-23-38)48-16-7-8-17-49(48)43-28-24-39(25-29-43)41-32-36-47(37-33-41)56(46-14-5-2-6-15-46)52-20-11-19-51-50-18-9-10-21-53(50)57-54(51)52/h1-37,55H. The summed E-state index contributed by atoms with van der Waals surface area (Å²) in [4.78, 5) is 2.28. The summed E-state index contributed by atoms with van der Waals surface area (Å²) in [6, 6.07) is 79.3. The largest absolute Gasteiger partial charge is 0.454 e. The Kier molecular flexibility index (Phi) is 8.86. The first kappa shape index (κ1) is 33.9. The fraction of sp³-hybridized carbons (Fsp3) is 0. The average Bonchev–Trinajstić information content (AvgIpc) is 3.68. The van der Waals surface area contributed by atoms with Gasteiger partial charge in [0.2, 0.25) is 0 Å². The van der Waals surface area contributed by atoms with Gasteiger partial charge in [0, 0.05) is 33.5 Å². The Morgan fingerprint density at radius 2 is 0.754 bits per heavy atom. The van der Waals surface area contributed by atoms with Gasteiger partial charge in [-0.05, 0) is 105 Å². The van der Waals surface area contributed by atoms with Crippen molar-refractivity contribution in [1.29, 1.82) is 0 Å². The normalized spacial score (nSPS) is 11.2. The van der Waals surface area contributed by atoms with E-state index in [1.54, 1.807) is 0 Å². The lowest BCUT2D eigenvalue weighted by Crippen LogP contribution is -2.10. The predicted octanol–water partition coefficient (Wildman–Crippen LogP) is 15.5. The lowest BCUT2D eigenvalue weighted by Gasteiger charge is -2.25. The first-order chi connectivity index (χ1) is 28.2. The Bertz CT molecular complexity index is 2930. The third-order valence-corrected chi connectivity index (χ3v) is 10.7. The number of rotatable bonds is 9. The molecule has 0 radical (unpaired) electrons. The molecule has 0 unspecified atom stereocenters. The smallest absolute Gasteiger partial charge is 0.159 e. The molecule has 1 heterocycles. The van der Waals surface area contributed by atoms with Crippen LogP contribution in [0, 0.1) is 0 Å². The van der Waals surface area contributed by atoms with E-state index in [1.165, 1.54) is 38.9 Å². The quantitative estimate of drug-likeness (QED) is 0.160. The summed E-state index contributed by atoms with van der Waals surface area (Å²) >= 11 is 0. The van der Waals surface area contributed by atoms with Crippen LogP contribution in [-0.4, -0.2) is 0 Å². The van der Waals surface area contributed by atoms with E-state index >= 15 is 0 Å². The number of benzene rings is 9. The van der Waals surface area contributed by atoms with Crippen molar-refractivity contribution in [3.8, 4) is 44.5 Å². The highest BCUT2D eigenvalue weighted by Gasteiger charge is 2.19. The zero-order valence-electron chi connectivity index (χ0n) is 31.2. The van der Waals surface area contributed by atoms with E-state index in [9.17, 15) is 0 Å². The van der Waals surface area contributed by atoms with Crippen molar-refractivity contribution in [3.63, 3.8) is 0 Å². The Balaban J connectivity index is 0.902. The number of hydrogen-bond acceptors (Lipinski definition) is 3. The second-order valence-corrected chi connectivity index (χ2v) is 14.2. The van der Waals surface area contributed by atoms with Gasteiger partial charge in [-0.2, -0.15) is 0 Å². The zero-order chi connectivity index (χ0) is 38.0. The topological polar surface area (TPSA) is 28.4 Å². The molecule has 0 saturated carbocycles. The monoisotopic (exact) mass is 730 g/mol. The van der Waals surface area contributed by atoms with Crippen LogP contribution in [0.1, 0.15) is 0 Å². The van der Waals surface area contributed by atoms with Crippen molar-refractivity contribution in [2.45, 2.75) is 0 Å². The van der Waals surface area contributed by atoms with Crippen molar-refractivity contribution in [2.24, 2.45) is 0 Å². The van der Waals surface area contributed by atoms with Crippen molar-refractivity contribution >= 4 is 50.4 Å². The molecular weight excluding hydrogens is 693 g/mol. The molecule has 0 fully saturated rings. The minimum atomic E-state index is 0.876. The van der Waals surface area contributed by atoms with E-state index in [-0.39, 0.29) is 0 Å². The molecule has 10 aromatic rings. The van der Waals surface area contributed by atoms with Crippen LogP contribution in [-0.2, 0) is 0 Å².